The van der Waals surface area contributed by atoms with Gasteiger partial charge in [0.1, 0.15) is 0 Å². The summed E-state index contributed by atoms with van der Waals surface area (Å²) < 4.78 is 27.1. The molecule has 2 rings (SSSR count). The Morgan fingerprint density at radius 1 is 1.20 bits per heavy atom. The summed E-state index contributed by atoms with van der Waals surface area (Å²) in [5.41, 5.74) is 0.719. The number of aliphatic hydroxyl groups is 1. The first-order valence-electron chi connectivity index (χ1n) is 7.27. The molecule has 0 radical (unpaired) electrons. The molecule has 112 valence electrons. The monoisotopic (exact) mass is 297 g/mol. The van der Waals surface area contributed by atoms with E-state index in [1.54, 1.807) is 31.2 Å². The Morgan fingerprint density at radius 3 is 2.35 bits per heavy atom. The second-order valence-corrected chi connectivity index (χ2v) is 7.37. The number of hydrogen-bond donors (Lipinski definition) is 2. The first-order valence-corrected chi connectivity index (χ1v) is 8.75. The van der Waals surface area contributed by atoms with Crippen LogP contribution in [-0.4, -0.2) is 20.1 Å². The van der Waals surface area contributed by atoms with Gasteiger partial charge in [-0.05, 0) is 43.4 Å². The number of sulfonamides is 1. The van der Waals surface area contributed by atoms with Crippen molar-refractivity contribution in [2.24, 2.45) is 5.92 Å². The fourth-order valence-corrected chi connectivity index (χ4v) is 3.74. The third-order valence-corrected chi connectivity index (χ3v) is 5.40. The van der Waals surface area contributed by atoms with E-state index in [4.69, 9.17) is 0 Å². The molecular formula is C15H23NO3S. The Hall–Kier alpha value is -0.910. The molecule has 1 aliphatic carbocycles. The van der Waals surface area contributed by atoms with Crippen molar-refractivity contribution in [2.75, 3.05) is 6.54 Å². The third-order valence-electron chi connectivity index (χ3n) is 3.96. The summed E-state index contributed by atoms with van der Waals surface area (Å²) in [6.07, 6.45) is 5.32. The Morgan fingerprint density at radius 2 is 1.80 bits per heavy atom. The van der Waals surface area contributed by atoms with Gasteiger partial charge in [0.25, 0.3) is 0 Å². The lowest BCUT2D eigenvalue weighted by atomic mass is 9.90. The fourth-order valence-electron chi connectivity index (χ4n) is 2.63. The summed E-state index contributed by atoms with van der Waals surface area (Å²) in [6, 6.07) is 6.40. The lowest BCUT2D eigenvalue weighted by molar-refractivity contribution is 0.199. The van der Waals surface area contributed by atoms with Gasteiger partial charge in [0.05, 0.1) is 11.0 Å². The van der Waals surface area contributed by atoms with Gasteiger partial charge < -0.3 is 5.11 Å². The lowest BCUT2D eigenvalue weighted by Gasteiger charge is -2.21. The van der Waals surface area contributed by atoms with Gasteiger partial charge in [-0.15, -0.1) is 0 Å². The summed E-state index contributed by atoms with van der Waals surface area (Å²) >= 11 is 0. The van der Waals surface area contributed by atoms with Gasteiger partial charge in [-0.1, -0.05) is 31.4 Å². The lowest BCUT2D eigenvalue weighted by Crippen LogP contribution is -2.30. The highest BCUT2D eigenvalue weighted by atomic mass is 32.2. The molecule has 1 unspecified atom stereocenters. The topological polar surface area (TPSA) is 66.4 Å². The molecule has 0 heterocycles. The number of hydrogen-bond acceptors (Lipinski definition) is 3. The molecule has 4 nitrogen and oxygen atoms in total. The molecule has 1 aromatic rings. The van der Waals surface area contributed by atoms with Crippen LogP contribution >= 0.6 is 0 Å². The van der Waals surface area contributed by atoms with Crippen LogP contribution in [0.15, 0.2) is 29.2 Å². The van der Waals surface area contributed by atoms with Crippen molar-refractivity contribution in [2.45, 2.75) is 50.0 Å². The fraction of sp³-hybridized carbons (Fsp3) is 0.600. The molecule has 5 heteroatoms. The van der Waals surface area contributed by atoms with Crippen LogP contribution in [0.3, 0.4) is 0 Å². The zero-order valence-electron chi connectivity index (χ0n) is 11.9. The molecule has 20 heavy (non-hydrogen) atoms. The Balaban J connectivity index is 1.98. The first kappa shape index (κ1) is 15.5. The maximum Gasteiger partial charge on any atom is 0.240 e. The van der Waals surface area contributed by atoms with Crippen molar-refractivity contribution >= 4 is 10.0 Å². The van der Waals surface area contributed by atoms with Crippen molar-refractivity contribution in [1.82, 2.24) is 4.72 Å². The first-order chi connectivity index (χ1) is 9.49. The van der Waals surface area contributed by atoms with E-state index in [1.165, 1.54) is 19.3 Å². The third kappa shape index (κ3) is 4.04. The van der Waals surface area contributed by atoms with E-state index in [9.17, 15) is 13.5 Å². The zero-order valence-corrected chi connectivity index (χ0v) is 12.7. The van der Waals surface area contributed by atoms with E-state index in [-0.39, 0.29) is 4.90 Å². The minimum atomic E-state index is -3.43. The summed E-state index contributed by atoms with van der Waals surface area (Å²) in [6.45, 7) is 2.19. The summed E-state index contributed by atoms with van der Waals surface area (Å²) in [5.74, 6) is 0.468. The quantitative estimate of drug-likeness (QED) is 0.878. The minimum absolute atomic E-state index is 0.262. The molecule has 1 saturated carbocycles. The van der Waals surface area contributed by atoms with Gasteiger partial charge >= 0.3 is 0 Å². The van der Waals surface area contributed by atoms with Crippen LogP contribution in [0.5, 0.6) is 0 Å². The molecule has 2 N–H and O–H groups in total. The van der Waals surface area contributed by atoms with Crippen molar-refractivity contribution in [3.8, 4) is 0 Å². The highest BCUT2D eigenvalue weighted by Gasteiger charge is 2.18. The van der Waals surface area contributed by atoms with E-state index in [0.717, 1.165) is 18.4 Å². The zero-order chi connectivity index (χ0) is 14.6. The number of rotatable bonds is 5. The van der Waals surface area contributed by atoms with Crippen LogP contribution in [-0.2, 0) is 10.0 Å². The highest BCUT2D eigenvalue weighted by Crippen LogP contribution is 2.23. The normalized spacial score (nSPS) is 18.9. The number of nitrogens with one attached hydrogen (secondary N) is 1. The van der Waals surface area contributed by atoms with Crippen molar-refractivity contribution in [3.05, 3.63) is 29.8 Å². The molecular weight excluding hydrogens is 274 g/mol. The van der Waals surface area contributed by atoms with Gasteiger partial charge in [0.15, 0.2) is 0 Å². The predicted octanol–water partition coefficient (Wildman–Crippen LogP) is 2.60. The van der Waals surface area contributed by atoms with Crippen LogP contribution < -0.4 is 4.72 Å². The number of benzene rings is 1. The molecule has 1 aromatic carbocycles. The Labute approximate surface area is 121 Å². The summed E-state index contributed by atoms with van der Waals surface area (Å²) in [5, 5.41) is 9.43. The average Bonchev–Trinajstić information content (AvgIpc) is 2.46. The minimum Gasteiger partial charge on any atom is -0.389 e. The van der Waals surface area contributed by atoms with Crippen LogP contribution in [0.1, 0.15) is 50.7 Å². The van der Waals surface area contributed by atoms with E-state index in [0.29, 0.717) is 12.5 Å². The predicted molar refractivity (Wildman–Crippen MR) is 78.8 cm³/mol. The molecule has 0 aromatic heterocycles. The van der Waals surface area contributed by atoms with Crippen LogP contribution in [0.25, 0.3) is 0 Å². The molecule has 0 amide bonds. The largest absolute Gasteiger partial charge is 0.389 e. The maximum atomic E-state index is 12.2. The Bertz CT molecular complexity index is 517. The molecule has 1 fully saturated rings. The van der Waals surface area contributed by atoms with Crippen molar-refractivity contribution in [3.63, 3.8) is 0 Å². The highest BCUT2D eigenvalue weighted by molar-refractivity contribution is 7.89. The number of aliphatic hydroxyl groups excluding tert-OH is 1. The Kier molecular flexibility index (Phi) is 5.18. The van der Waals surface area contributed by atoms with Gasteiger partial charge in [-0.3, -0.25) is 0 Å². The van der Waals surface area contributed by atoms with Crippen molar-refractivity contribution < 1.29 is 13.5 Å². The van der Waals surface area contributed by atoms with Gasteiger partial charge in [0.2, 0.25) is 10.0 Å². The summed E-state index contributed by atoms with van der Waals surface area (Å²) in [4.78, 5) is 0.262. The maximum absolute atomic E-state index is 12.2. The van der Waals surface area contributed by atoms with Crippen LogP contribution in [0.2, 0.25) is 0 Å². The molecule has 0 saturated heterocycles. The average molecular weight is 297 g/mol. The molecule has 0 spiro atoms. The molecule has 1 aliphatic rings. The molecule has 0 bridgehead atoms. The van der Waals surface area contributed by atoms with E-state index >= 15 is 0 Å². The van der Waals surface area contributed by atoms with E-state index < -0.39 is 16.1 Å². The smallest absolute Gasteiger partial charge is 0.240 e. The van der Waals surface area contributed by atoms with Crippen LogP contribution in [0.4, 0.5) is 0 Å². The second kappa shape index (κ2) is 6.70. The SMILES string of the molecule is CC(O)c1ccc(S(=O)(=O)NCC2CCCCC2)cc1. The molecule has 1 atom stereocenters. The van der Waals surface area contributed by atoms with E-state index in [2.05, 4.69) is 4.72 Å². The van der Waals surface area contributed by atoms with Gasteiger partial charge in [-0.25, -0.2) is 13.1 Å². The van der Waals surface area contributed by atoms with Crippen molar-refractivity contribution in [1.29, 1.82) is 0 Å². The van der Waals surface area contributed by atoms with E-state index in [1.807, 2.05) is 0 Å². The molecule has 0 aliphatic heterocycles. The van der Waals surface area contributed by atoms with Gasteiger partial charge in [0, 0.05) is 6.54 Å². The van der Waals surface area contributed by atoms with Gasteiger partial charge in [-0.2, -0.15) is 0 Å². The second-order valence-electron chi connectivity index (χ2n) is 5.60. The van der Waals surface area contributed by atoms with Crippen LogP contribution in [0, 0.1) is 5.92 Å². The summed E-state index contributed by atoms with van der Waals surface area (Å²) in [7, 11) is -3.43. The standard InChI is InChI=1S/C15H23NO3S/c1-12(17)14-7-9-15(10-8-14)20(18,19)16-11-13-5-3-2-4-6-13/h7-10,12-13,16-17H,2-6,11H2,1H3.